The molecule has 0 aliphatic carbocycles. The summed E-state index contributed by atoms with van der Waals surface area (Å²) in [6.45, 7) is 28.4. The molecule has 31 heavy (non-hydrogen) atoms. The van der Waals surface area contributed by atoms with Crippen molar-refractivity contribution < 1.29 is 17.2 Å². The monoisotopic (exact) mass is 465 g/mol. The maximum absolute atomic E-state index is 9.64. The van der Waals surface area contributed by atoms with E-state index in [4.69, 9.17) is 0 Å². The molecule has 1 aromatic rings. The molecule has 0 spiro atoms. The summed E-state index contributed by atoms with van der Waals surface area (Å²) < 4.78 is 4.11. The number of rotatable bonds is 1. The molecule has 1 rings (SSSR count). The van der Waals surface area contributed by atoms with Gasteiger partial charge >= 0.3 is 69.9 Å². The topological polar surface area (TPSA) is 57.0 Å². The van der Waals surface area contributed by atoms with Gasteiger partial charge in [-0.1, -0.05) is 83.1 Å². The fourth-order valence-corrected chi connectivity index (χ4v) is 3.71. The van der Waals surface area contributed by atoms with Gasteiger partial charge in [0.05, 0.1) is 0 Å². The van der Waals surface area contributed by atoms with E-state index in [-0.39, 0.29) is 29.1 Å². The molecule has 0 saturated heterocycles. The van der Waals surface area contributed by atoms with Crippen molar-refractivity contribution in [2.45, 2.75) is 96.9 Å². The summed E-state index contributed by atoms with van der Waals surface area (Å²) in [6, 6.07) is 6.19. The average Bonchev–Trinajstić information content (AvgIpc) is 2.51. The molecule has 0 amide bonds. The van der Waals surface area contributed by atoms with Crippen molar-refractivity contribution in [2.24, 2.45) is 25.5 Å². The summed E-state index contributed by atoms with van der Waals surface area (Å²) >= 11 is 2.25. The Kier molecular flexibility index (Phi) is 14.3. The molecule has 0 aromatic heterocycles. The van der Waals surface area contributed by atoms with Gasteiger partial charge in [0, 0.05) is 0 Å². The van der Waals surface area contributed by atoms with Crippen molar-refractivity contribution >= 4 is 17.1 Å². The van der Waals surface area contributed by atoms with Crippen LogP contribution in [0.3, 0.4) is 0 Å². The Bertz CT molecular complexity index is 631. The molecule has 0 aliphatic heterocycles. The predicted molar refractivity (Wildman–Crippen MR) is 139 cm³/mol. The van der Waals surface area contributed by atoms with Gasteiger partial charge in [0.2, 0.25) is 0 Å². The van der Waals surface area contributed by atoms with Crippen LogP contribution in [0.4, 0.5) is 5.69 Å². The third-order valence-electron chi connectivity index (χ3n) is 4.38. The second kappa shape index (κ2) is 12.8. The van der Waals surface area contributed by atoms with Crippen LogP contribution >= 0.6 is 0 Å². The largest absolute Gasteiger partial charge is 0.358 e. The van der Waals surface area contributed by atoms with E-state index >= 15 is 0 Å². The van der Waals surface area contributed by atoms with Crippen LogP contribution in [0.5, 0.6) is 0 Å². The Labute approximate surface area is 204 Å². The third-order valence-corrected chi connectivity index (χ3v) is 4.69. The molecule has 179 valence electrons. The summed E-state index contributed by atoms with van der Waals surface area (Å²) in [4.78, 5) is 0. The third kappa shape index (κ3) is 13.9. The molecule has 0 saturated carbocycles. The Morgan fingerprint density at radius 3 is 0.968 bits per heavy atom. The van der Waals surface area contributed by atoms with E-state index in [0.717, 1.165) is 5.69 Å². The molecule has 4 heteroatoms. The fraction of sp³-hybridized carbons (Fsp3) is 0.667. The van der Waals surface area contributed by atoms with E-state index in [0.29, 0.717) is 11.4 Å². The van der Waals surface area contributed by atoms with Crippen molar-refractivity contribution in [1.29, 1.82) is 0 Å². The quantitative estimate of drug-likeness (QED) is 0.293. The van der Waals surface area contributed by atoms with E-state index in [1.807, 2.05) is 89.2 Å². The first-order valence-corrected chi connectivity index (χ1v) is 11.2. The molecule has 0 atom stereocenters. The summed E-state index contributed by atoms with van der Waals surface area (Å²) in [7, 11) is 0. The van der Waals surface area contributed by atoms with Crippen LogP contribution in [0.15, 0.2) is 22.0 Å². The second-order valence-electron chi connectivity index (χ2n) is 12.0. The summed E-state index contributed by atoms with van der Waals surface area (Å²) in [5, 5.41) is 19.3. The van der Waals surface area contributed by atoms with Crippen LogP contribution in [-0.4, -0.2) is 11.4 Å². The number of hydrogen-bond acceptors (Lipinski definition) is 1. The number of hydrogen-bond donors (Lipinski definition) is 0. The van der Waals surface area contributed by atoms with Crippen molar-refractivity contribution in [1.82, 2.24) is 0 Å². The molecule has 0 radical (unpaired) electrons. The zero-order valence-electron chi connectivity index (χ0n) is 23.0. The molecule has 0 bridgehead atoms. The van der Waals surface area contributed by atoms with E-state index in [1.165, 1.54) is 11.1 Å². The smallest absolute Gasteiger partial charge is 0.358 e. The molecule has 3 nitrogen and oxygen atoms in total. The fourth-order valence-electron chi connectivity index (χ4n) is 3.21. The van der Waals surface area contributed by atoms with Crippen molar-refractivity contribution in [3.05, 3.63) is 47.6 Å². The summed E-state index contributed by atoms with van der Waals surface area (Å²) in [6.07, 6.45) is 0. The number of nitrogens with zero attached hydrogens (tertiary/aromatic N) is 3. The predicted octanol–water partition coefficient (Wildman–Crippen LogP) is 9.29. The van der Waals surface area contributed by atoms with E-state index < -0.39 is 0 Å². The van der Waals surface area contributed by atoms with Gasteiger partial charge in [-0.15, -0.1) is 0 Å². The minimum Gasteiger partial charge on any atom is -0.358 e. The van der Waals surface area contributed by atoms with Crippen LogP contribution in [0, 0.1) is 42.9 Å². The van der Waals surface area contributed by atoms with Gasteiger partial charge in [0.25, 0.3) is 0 Å². The Hall–Kier alpha value is -1.06. The average molecular weight is 466 g/mol. The van der Waals surface area contributed by atoms with Crippen molar-refractivity contribution in [3.63, 3.8) is 0 Å². The van der Waals surface area contributed by atoms with Gasteiger partial charge in [-0.2, -0.15) is 11.4 Å². The molecule has 0 heterocycles. The molecule has 0 unspecified atom stereocenters. The van der Waals surface area contributed by atoms with E-state index in [1.54, 1.807) is 0 Å². The van der Waals surface area contributed by atoms with Crippen LogP contribution < -0.4 is 0 Å². The Morgan fingerprint density at radius 2 is 0.871 bits per heavy atom. The Morgan fingerprint density at radius 1 is 0.645 bits per heavy atom. The van der Waals surface area contributed by atoms with Crippen LogP contribution in [-0.2, 0) is 17.2 Å². The minimum absolute atomic E-state index is 0. The van der Waals surface area contributed by atoms with Crippen LogP contribution in [0.25, 0.3) is 10.8 Å². The van der Waals surface area contributed by atoms with Gasteiger partial charge in [0.15, 0.2) is 0 Å². The number of aryl methyl sites for hydroxylation is 2. The number of benzene rings is 1. The zero-order valence-corrected chi connectivity index (χ0v) is 24.4. The van der Waals surface area contributed by atoms with E-state index in [2.05, 4.69) is 47.0 Å². The van der Waals surface area contributed by atoms with Crippen LogP contribution in [0.2, 0.25) is 0 Å². The molecule has 1 aromatic carbocycles. The first kappa shape index (κ1) is 34.6. The Balaban J connectivity index is -0.000000373. The molecular formula is C27H48N3V-3. The first-order chi connectivity index (χ1) is 13.1. The second-order valence-corrected chi connectivity index (χ2v) is 12.3. The first-order valence-electron chi connectivity index (χ1n) is 10.6. The van der Waals surface area contributed by atoms with Gasteiger partial charge < -0.3 is 18.2 Å². The van der Waals surface area contributed by atoms with E-state index in [9.17, 15) is 10.8 Å². The van der Waals surface area contributed by atoms with Crippen molar-refractivity contribution in [2.75, 3.05) is 0 Å². The minimum atomic E-state index is -0.0851. The molecule has 0 aliphatic rings. The summed E-state index contributed by atoms with van der Waals surface area (Å²) in [5.74, 6) is 0. The van der Waals surface area contributed by atoms with Crippen molar-refractivity contribution in [3.8, 4) is 0 Å². The molecular weight excluding hydrogens is 417 g/mol. The maximum atomic E-state index is 9.64. The standard InChI is InChI=1S/2C9H18N.C8H9N.CH3.V/c2*1-8(2,3)7(10)9(4,5)6;1-6-4-3-5-7(2)8(6)9;;/h2*1-6H3;3-5H,1-2H3;1H3;/q2*-1;;-1;. The summed E-state index contributed by atoms with van der Waals surface area (Å²) in [5.41, 5.74) is 4.37. The SMILES string of the molecule is CC(C)(C)C(=[N-])C(C)(C)C.CC(C)(C)C(=[N-])C(C)(C)C.Cc1cccc(C)c1[N]=[V].[CH3-]. The molecule has 0 N–H and O–H groups in total. The van der Waals surface area contributed by atoms with Gasteiger partial charge in [-0.3, -0.25) is 0 Å². The normalized spacial score (nSPS) is 11.6. The van der Waals surface area contributed by atoms with Crippen LogP contribution in [0.1, 0.15) is 94.2 Å². The zero-order chi connectivity index (χ0) is 24.7. The molecule has 0 fully saturated rings. The van der Waals surface area contributed by atoms with Gasteiger partial charge in [-0.05, 0) is 21.7 Å². The van der Waals surface area contributed by atoms with Gasteiger partial charge in [-0.25, -0.2) is 0 Å². The van der Waals surface area contributed by atoms with Gasteiger partial charge in [0.1, 0.15) is 0 Å². The maximum Gasteiger partial charge on any atom is -0.358 e.